The van der Waals surface area contributed by atoms with Gasteiger partial charge in [-0.05, 0) is 34.4 Å². The number of carbonyl (C=O) groups excluding carboxylic acids is 1. The van der Waals surface area contributed by atoms with E-state index in [0.717, 1.165) is 11.1 Å². The molecule has 0 radical (unpaired) electrons. The topological polar surface area (TPSA) is 95.9 Å². The third-order valence-electron chi connectivity index (χ3n) is 5.28. The van der Waals surface area contributed by atoms with Crippen LogP contribution in [0.1, 0.15) is 33.0 Å². The zero-order chi connectivity index (χ0) is 21.8. The highest BCUT2D eigenvalue weighted by molar-refractivity contribution is 5.88. The fourth-order valence-electron chi connectivity index (χ4n) is 3.80. The molecule has 0 atom stereocenters. The molecule has 0 aromatic heterocycles. The molecule has 31 heavy (non-hydrogen) atoms. The van der Waals surface area contributed by atoms with Crippen molar-refractivity contribution in [1.29, 1.82) is 0 Å². The summed E-state index contributed by atoms with van der Waals surface area (Å²) in [7, 11) is 0. The molecule has 1 amide bonds. The van der Waals surface area contributed by atoms with E-state index < -0.39 is 12.1 Å². The molecule has 0 unspecified atom stereocenters. The average molecular weight is 415 g/mol. The third kappa shape index (κ3) is 4.28. The minimum Gasteiger partial charge on any atom is -0.507 e. The number of rotatable bonds is 6. The maximum atomic E-state index is 12.1. The number of carbonyl (C=O) groups is 2. The number of phenolic OH excluding ortho intramolecular Hbond substituents is 1. The summed E-state index contributed by atoms with van der Waals surface area (Å²) in [5.41, 5.74) is 5.10. The molecule has 1 aliphatic carbocycles. The lowest BCUT2D eigenvalue weighted by Gasteiger charge is -2.14. The van der Waals surface area contributed by atoms with Gasteiger partial charge in [-0.15, -0.1) is 0 Å². The Kier molecular flexibility index (Phi) is 5.71. The summed E-state index contributed by atoms with van der Waals surface area (Å²) in [4.78, 5) is 23.0. The predicted molar refractivity (Wildman–Crippen MR) is 117 cm³/mol. The van der Waals surface area contributed by atoms with Gasteiger partial charge in [0.05, 0.1) is 5.56 Å². The lowest BCUT2D eigenvalue weighted by atomic mass is 9.98. The molecule has 1 aliphatic rings. The Morgan fingerprint density at radius 3 is 2.23 bits per heavy atom. The number of hydrogen-bond acceptors (Lipinski definition) is 4. The van der Waals surface area contributed by atoms with Crippen molar-refractivity contribution in [1.82, 2.24) is 5.32 Å². The van der Waals surface area contributed by atoms with Crippen molar-refractivity contribution >= 4 is 18.1 Å². The maximum Gasteiger partial charge on any atom is 0.407 e. The van der Waals surface area contributed by atoms with E-state index in [9.17, 15) is 14.7 Å². The molecule has 0 aliphatic heterocycles. The Bertz CT molecular complexity index is 1120. The second-order valence-corrected chi connectivity index (χ2v) is 7.19. The fraction of sp³-hybridized carbons (Fsp3) is 0.120. The first-order valence-electron chi connectivity index (χ1n) is 9.86. The van der Waals surface area contributed by atoms with Crippen LogP contribution in [-0.2, 0) is 4.74 Å². The second kappa shape index (κ2) is 8.75. The van der Waals surface area contributed by atoms with E-state index in [-0.39, 0.29) is 30.4 Å². The van der Waals surface area contributed by atoms with E-state index >= 15 is 0 Å². The van der Waals surface area contributed by atoms with Crippen molar-refractivity contribution in [2.24, 2.45) is 0 Å². The SMILES string of the molecule is O=C(NCC=Cc1ccc(C(=O)O)cc1O)OCC1c2ccccc2-c2ccccc21. The maximum absolute atomic E-state index is 12.1. The number of carboxylic acids is 1. The Hall–Kier alpha value is -4.06. The number of ether oxygens (including phenoxy) is 1. The molecule has 3 aromatic carbocycles. The molecule has 3 N–H and O–H groups in total. The highest BCUT2D eigenvalue weighted by Gasteiger charge is 2.28. The monoisotopic (exact) mass is 415 g/mol. The summed E-state index contributed by atoms with van der Waals surface area (Å²) < 4.78 is 5.46. The number of fused-ring (bicyclic) bond motifs is 3. The summed E-state index contributed by atoms with van der Waals surface area (Å²) in [6, 6.07) is 20.4. The molecule has 156 valence electrons. The van der Waals surface area contributed by atoms with Crippen molar-refractivity contribution < 1.29 is 24.5 Å². The quantitative estimate of drug-likeness (QED) is 0.545. The lowest BCUT2D eigenvalue weighted by Crippen LogP contribution is -2.26. The van der Waals surface area contributed by atoms with E-state index in [1.165, 1.54) is 29.3 Å². The Labute approximate surface area is 179 Å². The molecule has 4 rings (SSSR count). The number of alkyl carbamates (subject to hydrolysis) is 1. The Morgan fingerprint density at radius 2 is 1.61 bits per heavy atom. The minimum atomic E-state index is -1.11. The Morgan fingerprint density at radius 1 is 0.968 bits per heavy atom. The number of phenols is 1. The van der Waals surface area contributed by atoms with Crippen molar-refractivity contribution in [2.45, 2.75) is 5.92 Å². The average Bonchev–Trinajstić information content (AvgIpc) is 3.10. The molecular weight excluding hydrogens is 394 g/mol. The van der Waals surface area contributed by atoms with Crippen LogP contribution < -0.4 is 5.32 Å². The third-order valence-corrected chi connectivity index (χ3v) is 5.28. The summed E-state index contributed by atoms with van der Waals surface area (Å²) in [6.07, 6.45) is 2.72. The number of amides is 1. The minimum absolute atomic E-state index is 0.00149. The number of hydrogen-bond donors (Lipinski definition) is 3. The second-order valence-electron chi connectivity index (χ2n) is 7.19. The molecule has 0 spiro atoms. The molecule has 3 aromatic rings. The fourth-order valence-corrected chi connectivity index (χ4v) is 3.80. The van der Waals surface area contributed by atoms with Gasteiger partial charge in [0.15, 0.2) is 0 Å². The number of nitrogens with one attached hydrogen (secondary N) is 1. The molecule has 0 fully saturated rings. The zero-order valence-electron chi connectivity index (χ0n) is 16.6. The van der Waals surface area contributed by atoms with Crippen molar-refractivity contribution in [2.75, 3.05) is 13.2 Å². The van der Waals surface area contributed by atoms with Gasteiger partial charge >= 0.3 is 12.1 Å². The number of aromatic hydroxyl groups is 1. The van der Waals surface area contributed by atoms with Crippen LogP contribution in [0.3, 0.4) is 0 Å². The first kappa shape index (κ1) is 20.2. The first-order chi connectivity index (χ1) is 15.0. The van der Waals surface area contributed by atoms with Crippen LogP contribution >= 0.6 is 0 Å². The standard InChI is InChI=1S/C25H21NO5/c27-23-14-17(24(28)29)12-11-16(23)6-5-13-26-25(30)31-15-22-20-9-3-1-7-18(20)19-8-2-4-10-21(19)22/h1-12,14,22,27H,13,15H2,(H,26,30)(H,28,29). The Balaban J connectivity index is 1.32. The van der Waals surface area contributed by atoms with Gasteiger partial charge in [-0.1, -0.05) is 66.7 Å². The van der Waals surface area contributed by atoms with Crippen molar-refractivity contribution in [3.05, 3.63) is 95.1 Å². The molecule has 0 saturated carbocycles. The van der Waals surface area contributed by atoms with Gasteiger partial charge in [0.2, 0.25) is 0 Å². The molecular formula is C25H21NO5. The van der Waals surface area contributed by atoms with Crippen LogP contribution in [0.5, 0.6) is 5.75 Å². The summed E-state index contributed by atoms with van der Waals surface area (Å²) in [5, 5.41) is 21.5. The number of benzene rings is 3. The van der Waals surface area contributed by atoms with Gasteiger partial charge in [0.25, 0.3) is 0 Å². The van der Waals surface area contributed by atoms with Gasteiger partial charge < -0.3 is 20.3 Å². The van der Waals surface area contributed by atoms with E-state index in [0.29, 0.717) is 5.56 Å². The van der Waals surface area contributed by atoms with Crippen LogP contribution in [0.25, 0.3) is 17.2 Å². The molecule has 0 saturated heterocycles. The number of carboxylic acid groups (broad SMARTS) is 1. The van der Waals surface area contributed by atoms with E-state index in [2.05, 4.69) is 29.6 Å². The van der Waals surface area contributed by atoms with Gasteiger partial charge in [0, 0.05) is 18.0 Å². The first-order valence-corrected chi connectivity index (χ1v) is 9.86. The van der Waals surface area contributed by atoms with Gasteiger partial charge in [-0.2, -0.15) is 0 Å². The van der Waals surface area contributed by atoms with E-state index in [4.69, 9.17) is 9.84 Å². The van der Waals surface area contributed by atoms with Gasteiger partial charge in [-0.3, -0.25) is 0 Å². The summed E-state index contributed by atoms with van der Waals surface area (Å²) in [6.45, 7) is 0.442. The highest BCUT2D eigenvalue weighted by Crippen LogP contribution is 2.44. The van der Waals surface area contributed by atoms with Crippen LogP contribution in [0.4, 0.5) is 4.79 Å². The van der Waals surface area contributed by atoms with Gasteiger partial charge in [0.1, 0.15) is 12.4 Å². The molecule has 0 heterocycles. The predicted octanol–water partition coefficient (Wildman–Crippen LogP) is 4.64. The normalized spacial score (nSPS) is 12.4. The van der Waals surface area contributed by atoms with E-state index in [1.54, 1.807) is 12.2 Å². The number of aromatic carboxylic acids is 1. The lowest BCUT2D eigenvalue weighted by molar-refractivity contribution is 0.0696. The van der Waals surface area contributed by atoms with Crippen LogP contribution in [0.15, 0.2) is 72.8 Å². The molecule has 6 nitrogen and oxygen atoms in total. The van der Waals surface area contributed by atoms with Gasteiger partial charge in [-0.25, -0.2) is 9.59 Å². The van der Waals surface area contributed by atoms with Crippen LogP contribution in [-0.4, -0.2) is 35.4 Å². The highest BCUT2D eigenvalue weighted by atomic mass is 16.5. The van der Waals surface area contributed by atoms with Crippen LogP contribution in [0.2, 0.25) is 0 Å². The smallest absolute Gasteiger partial charge is 0.407 e. The van der Waals surface area contributed by atoms with Crippen molar-refractivity contribution in [3.63, 3.8) is 0 Å². The summed E-state index contributed by atoms with van der Waals surface area (Å²) >= 11 is 0. The van der Waals surface area contributed by atoms with E-state index in [1.807, 2.05) is 24.3 Å². The largest absolute Gasteiger partial charge is 0.507 e. The zero-order valence-corrected chi connectivity index (χ0v) is 16.6. The molecule has 6 heteroatoms. The van der Waals surface area contributed by atoms with Crippen LogP contribution in [0, 0.1) is 0 Å². The van der Waals surface area contributed by atoms with Crippen molar-refractivity contribution in [3.8, 4) is 16.9 Å². The summed E-state index contributed by atoms with van der Waals surface area (Å²) in [5.74, 6) is -1.25. The molecule has 0 bridgehead atoms.